The summed E-state index contributed by atoms with van der Waals surface area (Å²) in [4.78, 5) is 61.0. The number of rotatable bonds is 22. The van der Waals surface area contributed by atoms with Crippen LogP contribution in [0.5, 0.6) is 0 Å². The van der Waals surface area contributed by atoms with Gasteiger partial charge in [0.25, 0.3) is 0 Å². The largest absolute Gasteiger partial charge is 0.469 e. The van der Waals surface area contributed by atoms with Gasteiger partial charge in [0.05, 0.1) is 43.4 Å². The number of amides is 3. The highest BCUT2D eigenvalue weighted by Crippen LogP contribution is 2.68. The molecule has 404 valence electrons. The molecule has 0 aliphatic heterocycles. The van der Waals surface area contributed by atoms with E-state index in [0.29, 0.717) is 73.4 Å². The van der Waals surface area contributed by atoms with Crippen LogP contribution in [0.25, 0.3) is 0 Å². The second kappa shape index (κ2) is 24.9. The number of pyridine rings is 2. The molecule has 2 heterocycles. The first-order valence-corrected chi connectivity index (χ1v) is 27.6. The quantitative estimate of drug-likeness (QED) is 0.0275. The molecule has 6 unspecified atom stereocenters. The van der Waals surface area contributed by atoms with Crippen molar-refractivity contribution in [3.8, 4) is 0 Å². The van der Waals surface area contributed by atoms with Gasteiger partial charge < -0.3 is 47.1 Å². The zero-order valence-electron chi connectivity index (χ0n) is 44.3. The molecule has 4 aliphatic carbocycles. The van der Waals surface area contributed by atoms with Gasteiger partial charge in [0.1, 0.15) is 5.82 Å². The topological polar surface area (TPSA) is 238 Å². The molecule has 4 saturated carbocycles. The van der Waals surface area contributed by atoms with E-state index < -0.39 is 36.3 Å². The van der Waals surface area contributed by atoms with Crippen molar-refractivity contribution in [2.45, 2.75) is 153 Å². The second-order valence-corrected chi connectivity index (χ2v) is 22.7. The van der Waals surface area contributed by atoms with E-state index in [-0.39, 0.29) is 88.9 Å². The predicted octanol–water partition coefficient (Wildman–Crippen LogP) is 8.15. The molecule has 4 aliphatic rings. The molecule has 3 amide bonds. The number of methoxy groups -OCH3 is 1. The Balaban J connectivity index is 0.784. The van der Waals surface area contributed by atoms with Gasteiger partial charge in [-0.3, -0.25) is 24.2 Å². The molecule has 2 aromatic heterocycles. The van der Waals surface area contributed by atoms with E-state index in [4.69, 9.17) is 10.5 Å². The molecule has 0 spiro atoms. The fraction of sp³-hybridized carbons (Fsp3) is 0.567. The standard InChI is InChI=1S/C60H81N7O8/c1-37(23-28-53(72)75-4)42-24-25-43-54-44(36-49(69)60(42,43)3)59(2)30-29-40(34-39(59)35-48(54)68)65-52(71)27-26-51(70)64-33-13-10-19-45(61)58(74)66-46-20-9-8-18-41(46)56(67-50-22-12-15-32-63-50)55(47-21-11-14-31-62-47)57(73)38-16-6-5-7-17-38/h5-9,11-12,14-18,20-22,31-32,37,39-40,42-45,48-49,54-57,68-69,73H,10,13,19,23-30,33-36,61H2,1-4H3,(H,63,67)(H,64,70)(H,65,71)(H,66,74)/t37?,39-,40-,42?,43?,44-,45-,48+,49-,54-,55?,56?,57?,59-,60+/m0/s1. The molecule has 15 nitrogen and oxygen atoms in total. The number of hydrogen-bond acceptors (Lipinski definition) is 12. The van der Waals surface area contributed by atoms with Gasteiger partial charge in [-0.2, -0.15) is 0 Å². The first kappa shape index (κ1) is 55.5. The fourth-order valence-electron chi connectivity index (χ4n) is 14.4. The molecule has 9 N–H and O–H groups in total. The summed E-state index contributed by atoms with van der Waals surface area (Å²) in [5, 5.41) is 48.7. The Hall–Kier alpha value is -5.74. The van der Waals surface area contributed by atoms with E-state index in [1.54, 1.807) is 12.4 Å². The number of unbranched alkanes of at least 4 members (excludes halogenated alkanes) is 1. The summed E-state index contributed by atoms with van der Waals surface area (Å²) in [7, 11) is 1.42. The van der Waals surface area contributed by atoms with Crippen molar-refractivity contribution in [1.82, 2.24) is 20.6 Å². The molecule has 0 saturated heterocycles. The Morgan fingerprint density at radius 2 is 1.52 bits per heavy atom. The number of nitrogens with one attached hydrogen (secondary N) is 4. The van der Waals surface area contributed by atoms with Crippen LogP contribution in [0.1, 0.15) is 146 Å². The van der Waals surface area contributed by atoms with Crippen molar-refractivity contribution in [1.29, 1.82) is 0 Å². The van der Waals surface area contributed by atoms with Crippen LogP contribution in [0.2, 0.25) is 0 Å². The SMILES string of the molecule is COC(=O)CCC(C)C1CCC2[C@@H]3[C@H](O)C[C@@H]4C[C@@H](NC(=O)CCC(=O)NCCCC[C@H](N)C(=O)Nc5ccccc5C(Nc5ccccn5)C(c5ccccn5)C(O)c5ccccc5)CC[C@]4(C)[C@H]3C[C@H](O)[C@]12C. The molecule has 8 rings (SSSR count). The number of esters is 1. The van der Waals surface area contributed by atoms with Gasteiger partial charge in [0.15, 0.2) is 0 Å². The summed E-state index contributed by atoms with van der Waals surface area (Å²) in [6.45, 7) is 7.17. The van der Waals surface area contributed by atoms with Crippen LogP contribution in [0.15, 0.2) is 103 Å². The van der Waals surface area contributed by atoms with Gasteiger partial charge in [0, 0.05) is 55.6 Å². The molecule has 4 aromatic rings. The van der Waals surface area contributed by atoms with Crippen LogP contribution in [0.3, 0.4) is 0 Å². The number of anilines is 2. The van der Waals surface area contributed by atoms with Crippen LogP contribution in [-0.4, -0.2) is 86.9 Å². The minimum Gasteiger partial charge on any atom is -0.469 e. The molecular weight excluding hydrogens is 947 g/mol. The number of nitrogens with two attached hydrogens (primary N) is 1. The number of carbonyl (C=O) groups excluding carboxylic acids is 4. The highest BCUT2D eigenvalue weighted by Gasteiger charge is 2.65. The molecule has 2 aromatic carbocycles. The number of hydrogen-bond donors (Lipinski definition) is 8. The van der Waals surface area contributed by atoms with Gasteiger partial charge >= 0.3 is 5.97 Å². The molecule has 15 atom stereocenters. The van der Waals surface area contributed by atoms with Crippen LogP contribution in [-0.2, 0) is 23.9 Å². The first-order chi connectivity index (χ1) is 36.1. The predicted molar refractivity (Wildman–Crippen MR) is 288 cm³/mol. The molecular formula is C60H81N7O8. The Bertz CT molecular complexity index is 2520. The fourth-order valence-corrected chi connectivity index (χ4v) is 14.4. The number of nitrogens with zero attached hydrogens (tertiary/aromatic N) is 2. The number of ether oxygens (including phenoxy) is 1. The number of benzene rings is 2. The maximum Gasteiger partial charge on any atom is 0.305 e. The monoisotopic (exact) mass is 1030 g/mol. The Morgan fingerprint density at radius 1 is 0.800 bits per heavy atom. The lowest BCUT2D eigenvalue weighted by molar-refractivity contribution is -0.202. The third-order valence-corrected chi connectivity index (χ3v) is 18.5. The number of aliphatic hydroxyl groups is 3. The average molecular weight is 1030 g/mol. The Labute approximate surface area is 443 Å². The molecule has 0 radical (unpaired) electrons. The summed E-state index contributed by atoms with van der Waals surface area (Å²) in [5.41, 5.74) is 8.72. The van der Waals surface area contributed by atoms with Gasteiger partial charge in [-0.15, -0.1) is 0 Å². The maximum absolute atomic E-state index is 13.7. The van der Waals surface area contributed by atoms with Crippen LogP contribution in [0, 0.1) is 46.3 Å². The van der Waals surface area contributed by atoms with Crippen molar-refractivity contribution in [2.24, 2.45) is 52.1 Å². The van der Waals surface area contributed by atoms with Crippen LogP contribution >= 0.6 is 0 Å². The Kier molecular flexibility index (Phi) is 18.5. The summed E-state index contributed by atoms with van der Waals surface area (Å²) in [5.74, 6) is 0.301. The zero-order chi connectivity index (χ0) is 53.3. The third kappa shape index (κ3) is 12.6. The minimum atomic E-state index is -0.983. The Morgan fingerprint density at radius 3 is 2.25 bits per heavy atom. The van der Waals surface area contributed by atoms with Gasteiger partial charge in [-0.05, 0) is 158 Å². The van der Waals surface area contributed by atoms with E-state index >= 15 is 0 Å². The summed E-state index contributed by atoms with van der Waals surface area (Å²) >= 11 is 0. The maximum atomic E-state index is 13.7. The number of aliphatic hydroxyl groups excluding tert-OH is 3. The van der Waals surface area contributed by atoms with Crippen molar-refractivity contribution in [3.63, 3.8) is 0 Å². The van der Waals surface area contributed by atoms with E-state index in [1.165, 1.54) is 7.11 Å². The molecule has 15 heteroatoms. The van der Waals surface area contributed by atoms with Crippen molar-refractivity contribution in [3.05, 3.63) is 120 Å². The molecule has 4 fully saturated rings. The lowest BCUT2D eigenvalue weighted by Crippen LogP contribution is -2.63. The number of fused-ring (bicyclic) bond motifs is 5. The summed E-state index contributed by atoms with van der Waals surface area (Å²) in [6.07, 6.45) is 10.0. The van der Waals surface area contributed by atoms with Gasteiger partial charge in [-0.1, -0.05) is 81.4 Å². The van der Waals surface area contributed by atoms with Crippen LogP contribution in [0.4, 0.5) is 11.5 Å². The van der Waals surface area contributed by atoms with E-state index in [1.807, 2.05) is 91.0 Å². The average Bonchev–Trinajstić information content (AvgIpc) is 3.82. The number of carbonyl (C=O) groups is 4. The molecule has 0 bridgehead atoms. The highest BCUT2D eigenvalue weighted by molar-refractivity contribution is 5.95. The van der Waals surface area contributed by atoms with Crippen molar-refractivity contribution in [2.75, 3.05) is 24.3 Å². The van der Waals surface area contributed by atoms with E-state index in [2.05, 4.69) is 52.0 Å². The summed E-state index contributed by atoms with van der Waals surface area (Å²) < 4.78 is 4.91. The smallest absolute Gasteiger partial charge is 0.305 e. The normalized spacial score (nSPS) is 28.9. The summed E-state index contributed by atoms with van der Waals surface area (Å²) in [6, 6.07) is 26.5. The van der Waals surface area contributed by atoms with Crippen LogP contribution < -0.4 is 27.0 Å². The lowest BCUT2D eigenvalue weighted by Gasteiger charge is -2.63. The van der Waals surface area contributed by atoms with Crippen molar-refractivity contribution < 1.29 is 39.2 Å². The molecule has 75 heavy (non-hydrogen) atoms. The van der Waals surface area contributed by atoms with Gasteiger partial charge in [0.2, 0.25) is 17.7 Å². The van der Waals surface area contributed by atoms with Crippen molar-refractivity contribution >= 4 is 35.2 Å². The number of para-hydroxylation sites is 1. The lowest BCUT2D eigenvalue weighted by atomic mass is 9.43. The minimum absolute atomic E-state index is 0.0386. The highest BCUT2D eigenvalue weighted by atomic mass is 16.5. The van der Waals surface area contributed by atoms with E-state index in [9.17, 15) is 34.5 Å². The third-order valence-electron chi connectivity index (χ3n) is 18.5. The zero-order valence-corrected chi connectivity index (χ0v) is 44.3. The first-order valence-electron chi connectivity index (χ1n) is 27.6. The van der Waals surface area contributed by atoms with Gasteiger partial charge in [-0.25, -0.2) is 4.98 Å². The number of aromatic nitrogens is 2. The second-order valence-electron chi connectivity index (χ2n) is 22.7. The van der Waals surface area contributed by atoms with E-state index in [0.717, 1.165) is 38.5 Å².